The maximum absolute atomic E-state index is 12.2. The number of hydrogen-bond acceptors (Lipinski definition) is 5. The van der Waals surface area contributed by atoms with Crippen molar-refractivity contribution in [2.45, 2.75) is 30.9 Å². The molecule has 0 aromatic carbocycles. The van der Waals surface area contributed by atoms with Crippen LogP contribution in [-0.4, -0.2) is 32.8 Å². The largest absolute Gasteiger partial charge is 0.391 e. The summed E-state index contributed by atoms with van der Waals surface area (Å²) in [6.07, 6.45) is 0.875. The summed E-state index contributed by atoms with van der Waals surface area (Å²) in [6.45, 7) is 2.88. The van der Waals surface area contributed by atoms with Crippen molar-refractivity contribution in [3.8, 4) is 0 Å². The molecule has 0 aliphatic carbocycles. The third-order valence-corrected chi connectivity index (χ3v) is 5.83. The fourth-order valence-electron chi connectivity index (χ4n) is 2.04. The summed E-state index contributed by atoms with van der Waals surface area (Å²) < 4.78 is 32.3. The molecular formula is C11H17NO4S2. The molecule has 1 aromatic heterocycles. The zero-order valence-electron chi connectivity index (χ0n) is 10.1. The predicted octanol–water partition coefficient (Wildman–Crippen LogP) is 0.944. The number of sulfonamides is 1. The summed E-state index contributed by atoms with van der Waals surface area (Å²) >= 11 is 1.24. The number of thiophene rings is 1. The molecule has 0 spiro atoms. The van der Waals surface area contributed by atoms with E-state index in [0.29, 0.717) is 18.1 Å². The summed E-state index contributed by atoms with van der Waals surface area (Å²) in [5.41, 5.74) is 0. The van der Waals surface area contributed by atoms with E-state index in [1.165, 1.54) is 17.4 Å². The van der Waals surface area contributed by atoms with Crippen molar-refractivity contribution >= 4 is 21.4 Å². The summed E-state index contributed by atoms with van der Waals surface area (Å²) in [5.74, 6) is 0.219. The summed E-state index contributed by atoms with van der Waals surface area (Å²) in [5, 5.41) is 10.8. The molecule has 2 N–H and O–H groups in total. The minimum absolute atomic E-state index is 0.163. The van der Waals surface area contributed by atoms with Gasteiger partial charge in [0.15, 0.2) is 0 Å². The lowest BCUT2D eigenvalue weighted by Gasteiger charge is -2.19. The molecule has 1 aliphatic heterocycles. The van der Waals surface area contributed by atoms with Gasteiger partial charge in [0.1, 0.15) is 0 Å². The van der Waals surface area contributed by atoms with Crippen LogP contribution in [0.15, 0.2) is 16.3 Å². The molecule has 5 nitrogen and oxygen atoms in total. The second kappa shape index (κ2) is 5.66. The standard InChI is InChI=1S/C11H17NO4S2/c1-8(9-2-4-16-7-9)12-18(14,15)11-3-5-17-10(11)6-13/h3,5,8-9,12-13H,2,4,6-7H2,1H3. The van der Waals surface area contributed by atoms with Gasteiger partial charge in [-0.3, -0.25) is 0 Å². The number of ether oxygens (including phenoxy) is 1. The zero-order chi connectivity index (χ0) is 13.2. The summed E-state index contributed by atoms with van der Waals surface area (Å²) in [4.78, 5) is 0.651. The number of nitrogens with one attached hydrogen (secondary N) is 1. The molecule has 0 amide bonds. The van der Waals surface area contributed by atoms with Gasteiger partial charge in [0, 0.05) is 23.4 Å². The molecule has 0 saturated carbocycles. The molecule has 1 saturated heterocycles. The topological polar surface area (TPSA) is 75.6 Å². The van der Waals surface area contributed by atoms with Crippen molar-refractivity contribution in [1.29, 1.82) is 0 Å². The number of aliphatic hydroxyl groups is 1. The van der Waals surface area contributed by atoms with E-state index in [9.17, 15) is 8.42 Å². The number of hydrogen-bond donors (Lipinski definition) is 2. The van der Waals surface area contributed by atoms with Crippen LogP contribution in [0, 0.1) is 5.92 Å². The Morgan fingerprint density at radius 1 is 1.67 bits per heavy atom. The van der Waals surface area contributed by atoms with Crippen LogP contribution in [0.4, 0.5) is 0 Å². The van der Waals surface area contributed by atoms with Crippen molar-refractivity contribution in [1.82, 2.24) is 4.72 Å². The van der Waals surface area contributed by atoms with Gasteiger partial charge in [-0.15, -0.1) is 11.3 Å². The SMILES string of the molecule is CC(NS(=O)(=O)c1ccsc1CO)C1CCOC1. The first kappa shape index (κ1) is 14.0. The van der Waals surface area contributed by atoms with Crippen LogP contribution in [0.25, 0.3) is 0 Å². The molecular weight excluding hydrogens is 274 g/mol. The van der Waals surface area contributed by atoms with Crippen LogP contribution in [0.1, 0.15) is 18.2 Å². The van der Waals surface area contributed by atoms with Gasteiger partial charge >= 0.3 is 0 Å². The molecule has 7 heteroatoms. The quantitative estimate of drug-likeness (QED) is 0.846. The van der Waals surface area contributed by atoms with Crippen LogP contribution in [-0.2, 0) is 21.4 Å². The molecule has 2 rings (SSSR count). The van der Waals surface area contributed by atoms with Gasteiger partial charge in [0.25, 0.3) is 0 Å². The fourth-order valence-corrected chi connectivity index (χ4v) is 4.64. The molecule has 18 heavy (non-hydrogen) atoms. The highest BCUT2D eigenvalue weighted by atomic mass is 32.2. The number of aliphatic hydroxyl groups excluding tert-OH is 1. The molecule has 0 radical (unpaired) electrons. The maximum Gasteiger partial charge on any atom is 0.242 e. The molecule has 1 aliphatic rings. The van der Waals surface area contributed by atoms with Gasteiger partial charge < -0.3 is 9.84 Å². The average molecular weight is 291 g/mol. The van der Waals surface area contributed by atoms with Crippen molar-refractivity contribution in [2.75, 3.05) is 13.2 Å². The summed E-state index contributed by atoms with van der Waals surface area (Å²) in [6, 6.07) is 1.36. The average Bonchev–Trinajstić information content (AvgIpc) is 2.99. The minimum atomic E-state index is -3.55. The van der Waals surface area contributed by atoms with Gasteiger partial charge in [-0.1, -0.05) is 0 Å². The van der Waals surface area contributed by atoms with E-state index >= 15 is 0 Å². The highest BCUT2D eigenvalue weighted by Gasteiger charge is 2.28. The lowest BCUT2D eigenvalue weighted by atomic mass is 10.0. The Kier molecular flexibility index (Phi) is 4.39. The Balaban J connectivity index is 2.11. The highest BCUT2D eigenvalue weighted by Crippen LogP contribution is 2.24. The van der Waals surface area contributed by atoms with Crippen LogP contribution in [0.3, 0.4) is 0 Å². The first-order valence-electron chi connectivity index (χ1n) is 5.82. The van der Waals surface area contributed by atoms with Crippen molar-refractivity contribution in [2.24, 2.45) is 5.92 Å². The predicted molar refractivity (Wildman–Crippen MR) is 69.0 cm³/mol. The van der Waals surface area contributed by atoms with Crippen LogP contribution < -0.4 is 4.72 Å². The van der Waals surface area contributed by atoms with Crippen molar-refractivity contribution in [3.63, 3.8) is 0 Å². The normalized spacial score (nSPS) is 22.2. The van der Waals surface area contributed by atoms with E-state index in [2.05, 4.69) is 4.72 Å². The molecule has 1 fully saturated rings. The smallest absolute Gasteiger partial charge is 0.242 e. The zero-order valence-corrected chi connectivity index (χ0v) is 11.8. The Morgan fingerprint density at radius 2 is 2.44 bits per heavy atom. The second-order valence-corrected chi connectivity index (χ2v) is 7.08. The van der Waals surface area contributed by atoms with E-state index in [1.807, 2.05) is 6.92 Å². The van der Waals surface area contributed by atoms with E-state index in [4.69, 9.17) is 9.84 Å². The molecule has 0 bridgehead atoms. The molecule has 2 atom stereocenters. The van der Waals surface area contributed by atoms with Gasteiger partial charge in [0.2, 0.25) is 10.0 Å². The van der Waals surface area contributed by atoms with Gasteiger partial charge in [0.05, 0.1) is 18.1 Å². The third-order valence-electron chi connectivity index (χ3n) is 3.15. The molecule has 102 valence electrons. The van der Waals surface area contributed by atoms with Gasteiger partial charge in [-0.25, -0.2) is 13.1 Å². The Bertz CT molecular complexity index is 491. The lowest BCUT2D eigenvalue weighted by Crippen LogP contribution is -2.38. The van der Waals surface area contributed by atoms with E-state index in [-0.39, 0.29) is 23.5 Å². The monoisotopic (exact) mass is 291 g/mol. The van der Waals surface area contributed by atoms with Crippen molar-refractivity contribution < 1.29 is 18.3 Å². The van der Waals surface area contributed by atoms with E-state index in [1.54, 1.807) is 5.38 Å². The summed E-state index contributed by atoms with van der Waals surface area (Å²) in [7, 11) is -3.55. The molecule has 2 heterocycles. The van der Waals surface area contributed by atoms with Crippen LogP contribution in [0.2, 0.25) is 0 Å². The van der Waals surface area contributed by atoms with Gasteiger partial charge in [-0.2, -0.15) is 0 Å². The van der Waals surface area contributed by atoms with E-state index < -0.39 is 10.0 Å². The Morgan fingerprint density at radius 3 is 3.06 bits per heavy atom. The molecule has 1 aromatic rings. The molecule has 2 unspecified atom stereocenters. The van der Waals surface area contributed by atoms with Gasteiger partial charge in [-0.05, 0) is 24.8 Å². The maximum atomic E-state index is 12.2. The van der Waals surface area contributed by atoms with E-state index in [0.717, 1.165) is 6.42 Å². The first-order chi connectivity index (χ1) is 8.54. The van der Waals surface area contributed by atoms with Crippen LogP contribution in [0.5, 0.6) is 0 Å². The Labute approximate surface area is 111 Å². The lowest BCUT2D eigenvalue weighted by molar-refractivity contribution is 0.180. The van der Waals surface area contributed by atoms with Crippen molar-refractivity contribution in [3.05, 3.63) is 16.3 Å². The minimum Gasteiger partial charge on any atom is -0.391 e. The Hall–Kier alpha value is -0.470. The fraction of sp³-hybridized carbons (Fsp3) is 0.636. The first-order valence-corrected chi connectivity index (χ1v) is 8.18. The highest BCUT2D eigenvalue weighted by molar-refractivity contribution is 7.89. The second-order valence-electron chi connectivity index (χ2n) is 4.40. The van der Waals surface area contributed by atoms with Crippen LogP contribution >= 0.6 is 11.3 Å². The third kappa shape index (κ3) is 2.92. The number of rotatable bonds is 5.